The van der Waals surface area contributed by atoms with Gasteiger partial charge in [0.1, 0.15) is 0 Å². The Hall–Kier alpha value is -0.820. The highest BCUT2D eigenvalue weighted by molar-refractivity contribution is 5.39. The maximum Gasteiger partial charge on any atom is 0.0764 e. The van der Waals surface area contributed by atoms with Crippen LogP contribution in [0.25, 0.3) is 0 Å². The van der Waals surface area contributed by atoms with Crippen molar-refractivity contribution in [2.45, 2.75) is 32.3 Å². The van der Waals surface area contributed by atoms with Crippen LogP contribution in [-0.2, 0) is 12.8 Å². The molecule has 1 aromatic rings. The number of hydrogen-bond acceptors (Lipinski definition) is 1. The van der Waals surface area contributed by atoms with Crippen LogP contribution in [0.1, 0.15) is 36.1 Å². The topological polar surface area (TPSA) is 20.2 Å². The van der Waals surface area contributed by atoms with E-state index in [9.17, 15) is 5.11 Å². The predicted molar refractivity (Wildman–Crippen MR) is 49.1 cm³/mol. The lowest BCUT2D eigenvalue weighted by Gasteiger charge is -2.10. The van der Waals surface area contributed by atoms with Gasteiger partial charge >= 0.3 is 0 Å². The molecule has 0 aromatic heterocycles. The van der Waals surface area contributed by atoms with Gasteiger partial charge in [0.15, 0.2) is 0 Å². The molecule has 0 amide bonds. The van der Waals surface area contributed by atoms with Crippen molar-refractivity contribution in [3.63, 3.8) is 0 Å². The highest BCUT2D eigenvalue weighted by Gasteiger charge is 2.15. The highest BCUT2D eigenvalue weighted by atomic mass is 16.3. The fourth-order valence-corrected chi connectivity index (χ4v) is 2.04. The molecule has 1 N–H and O–H groups in total. The summed E-state index contributed by atoms with van der Waals surface area (Å²) >= 11 is 0. The third-order valence-corrected chi connectivity index (χ3v) is 2.63. The van der Waals surface area contributed by atoms with E-state index in [2.05, 4.69) is 6.07 Å². The second kappa shape index (κ2) is 2.91. The Morgan fingerprint density at radius 1 is 1.33 bits per heavy atom. The third kappa shape index (κ3) is 1.14. The van der Waals surface area contributed by atoms with Gasteiger partial charge in [-0.3, -0.25) is 0 Å². The summed E-state index contributed by atoms with van der Waals surface area (Å²) < 4.78 is 0. The molecule has 0 heterocycles. The van der Waals surface area contributed by atoms with Gasteiger partial charge in [0, 0.05) is 0 Å². The normalized spacial score (nSPS) is 17.5. The quantitative estimate of drug-likeness (QED) is 0.671. The summed E-state index contributed by atoms with van der Waals surface area (Å²) in [6, 6.07) is 6.26. The van der Waals surface area contributed by atoms with Crippen LogP contribution in [-0.4, -0.2) is 5.11 Å². The minimum Gasteiger partial charge on any atom is -0.389 e. The van der Waals surface area contributed by atoms with Crippen molar-refractivity contribution in [1.82, 2.24) is 0 Å². The van der Waals surface area contributed by atoms with Crippen molar-refractivity contribution in [2.24, 2.45) is 0 Å². The average molecular weight is 162 g/mol. The SMILES string of the molecule is C[C@@H](O)c1cccc2c1CCC2. The van der Waals surface area contributed by atoms with Gasteiger partial charge in [0.05, 0.1) is 6.10 Å². The van der Waals surface area contributed by atoms with E-state index in [0.29, 0.717) is 0 Å². The first-order valence-electron chi connectivity index (χ1n) is 4.58. The lowest BCUT2D eigenvalue weighted by molar-refractivity contribution is 0.198. The molecule has 0 aliphatic heterocycles. The van der Waals surface area contributed by atoms with Gasteiger partial charge in [-0.05, 0) is 42.9 Å². The summed E-state index contributed by atoms with van der Waals surface area (Å²) in [5.74, 6) is 0. The summed E-state index contributed by atoms with van der Waals surface area (Å²) in [6.07, 6.45) is 3.28. The Morgan fingerprint density at radius 2 is 2.17 bits per heavy atom. The van der Waals surface area contributed by atoms with E-state index < -0.39 is 0 Å². The van der Waals surface area contributed by atoms with Crippen LogP contribution >= 0.6 is 0 Å². The van der Waals surface area contributed by atoms with Crippen LogP contribution in [0.3, 0.4) is 0 Å². The zero-order valence-corrected chi connectivity index (χ0v) is 7.38. The van der Waals surface area contributed by atoms with Gasteiger partial charge in [-0.1, -0.05) is 18.2 Å². The van der Waals surface area contributed by atoms with Crippen molar-refractivity contribution in [2.75, 3.05) is 0 Å². The molecule has 1 aliphatic carbocycles. The van der Waals surface area contributed by atoms with Crippen LogP contribution in [0.2, 0.25) is 0 Å². The lowest BCUT2D eigenvalue weighted by Crippen LogP contribution is -1.97. The van der Waals surface area contributed by atoms with Crippen LogP contribution in [0.4, 0.5) is 0 Å². The molecular formula is C11H14O. The van der Waals surface area contributed by atoms with E-state index in [-0.39, 0.29) is 6.10 Å². The number of rotatable bonds is 1. The van der Waals surface area contributed by atoms with Gasteiger partial charge in [-0.25, -0.2) is 0 Å². The highest BCUT2D eigenvalue weighted by Crippen LogP contribution is 2.28. The minimum atomic E-state index is -0.307. The Labute approximate surface area is 73.0 Å². The van der Waals surface area contributed by atoms with Gasteiger partial charge < -0.3 is 5.11 Å². The molecule has 64 valence electrons. The molecule has 1 nitrogen and oxygen atoms in total. The second-order valence-corrected chi connectivity index (χ2v) is 3.51. The molecule has 0 unspecified atom stereocenters. The number of aryl methyl sites for hydroxylation is 1. The Bertz CT molecular complexity index is 289. The summed E-state index contributed by atoms with van der Waals surface area (Å²) in [6.45, 7) is 1.84. The molecule has 1 aliphatic rings. The summed E-state index contributed by atoms with van der Waals surface area (Å²) in [5.41, 5.74) is 3.96. The third-order valence-electron chi connectivity index (χ3n) is 2.63. The molecule has 0 radical (unpaired) electrons. The largest absolute Gasteiger partial charge is 0.389 e. The maximum absolute atomic E-state index is 9.49. The Kier molecular flexibility index (Phi) is 1.89. The first-order valence-corrected chi connectivity index (χ1v) is 4.58. The van der Waals surface area contributed by atoms with Crippen molar-refractivity contribution >= 4 is 0 Å². The van der Waals surface area contributed by atoms with Crippen LogP contribution < -0.4 is 0 Å². The minimum absolute atomic E-state index is 0.307. The Morgan fingerprint density at radius 3 is 2.92 bits per heavy atom. The standard InChI is InChI=1S/C11H14O/c1-8(12)10-6-2-4-9-5-3-7-11(9)10/h2,4,6,8,12H,3,5,7H2,1H3/t8-/m1/s1. The molecule has 1 heteroatoms. The molecule has 0 fully saturated rings. The zero-order valence-electron chi connectivity index (χ0n) is 7.38. The number of aliphatic hydroxyl groups is 1. The van der Waals surface area contributed by atoms with Crippen LogP contribution in [0.15, 0.2) is 18.2 Å². The molecule has 2 rings (SSSR count). The maximum atomic E-state index is 9.49. The monoisotopic (exact) mass is 162 g/mol. The summed E-state index contributed by atoms with van der Waals surface area (Å²) in [4.78, 5) is 0. The first-order chi connectivity index (χ1) is 5.79. The molecule has 1 aromatic carbocycles. The zero-order chi connectivity index (χ0) is 8.55. The molecule has 0 bridgehead atoms. The van der Waals surface area contributed by atoms with E-state index >= 15 is 0 Å². The van der Waals surface area contributed by atoms with E-state index in [0.717, 1.165) is 12.0 Å². The van der Waals surface area contributed by atoms with E-state index in [1.54, 1.807) is 0 Å². The molecule has 0 saturated heterocycles. The molecule has 12 heavy (non-hydrogen) atoms. The van der Waals surface area contributed by atoms with Crippen LogP contribution in [0.5, 0.6) is 0 Å². The van der Waals surface area contributed by atoms with E-state index in [4.69, 9.17) is 0 Å². The second-order valence-electron chi connectivity index (χ2n) is 3.51. The molecular weight excluding hydrogens is 148 g/mol. The van der Waals surface area contributed by atoms with Gasteiger partial charge in [-0.2, -0.15) is 0 Å². The molecule has 1 atom stereocenters. The molecule has 0 saturated carbocycles. The van der Waals surface area contributed by atoms with E-state index in [1.807, 2.05) is 19.1 Å². The number of fused-ring (bicyclic) bond motifs is 1. The van der Waals surface area contributed by atoms with Gasteiger partial charge in [-0.15, -0.1) is 0 Å². The van der Waals surface area contributed by atoms with Crippen molar-refractivity contribution in [1.29, 1.82) is 0 Å². The fourth-order valence-electron chi connectivity index (χ4n) is 2.04. The predicted octanol–water partition coefficient (Wildman–Crippen LogP) is 2.23. The smallest absolute Gasteiger partial charge is 0.0764 e. The van der Waals surface area contributed by atoms with Gasteiger partial charge in [0.2, 0.25) is 0 Å². The van der Waals surface area contributed by atoms with Crippen molar-refractivity contribution in [3.8, 4) is 0 Å². The van der Waals surface area contributed by atoms with Gasteiger partial charge in [0.25, 0.3) is 0 Å². The van der Waals surface area contributed by atoms with E-state index in [1.165, 1.54) is 24.0 Å². The summed E-state index contributed by atoms with van der Waals surface area (Å²) in [5, 5.41) is 9.49. The average Bonchev–Trinajstić information content (AvgIpc) is 2.49. The number of hydrogen-bond donors (Lipinski definition) is 1. The van der Waals surface area contributed by atoms with Crippen LogP contribution in [0, 0.1) is 0 Å². The van der Waals surface area contributed by atoms with Crippen molar-refractivity contribution < 1.29 is 5.11 Å². The first kappa shape index (κ1) is 7.81. The molecule has 0 spiro atoms. The number of benzene rings is 1. The fraction of sp³-hybridized carbons (Fsp3) is 0.455. The summed E-state index contributed by atoms with van der Waals surface area (Å²) in [7, 11) is 0. The van der Waals surface area contributed by atoms with Crippen molar-refractivity contribution in [3.05, 3.63) is 34.9 Å². The Balaban J connectivity index is 2.49. The number of aliphatic hydroxyl groups excluding tert-OH is 1. The lowest BCUT2D eigenvalue weighted by atomic mass is 10.00.